The predicted molar refractivity (Wildman–Crippen MR) is 115 cm³/mol. The Balaban J connectivity index is 1.57. The molecule has 1 heterocycles. The van der Waals surface area contributed by atoms with Crippen LogP contribution >= 0.6 is 0 Å². The second kappa shape index (κ2) is 10.8. The minimum Gasteiger partial charge on any atom is -0.447 e. The molecule has 1 aliphatic heterocycles. The van der Waals surface area contributed by atoms with E-state index in [1.54, 1.807) is 6.08 Å². The first-order chi connectivity index (χ1) is 15.5. The third-order valence-corrected chi connectivity index (χ3v) is 4.95. The SMILES string of the molecule is CC(=O)O[C@@H]1C#C/C=C\C#CC[C@H]2C(=O)N(C(=O)NCCC(=O)NCc3ccccc3)[C@H]12. The smallest absolute Gasteiger partial charge is 0.324 e. The number of likely N-dealkylation sites (tertiary alicyclic amines) is 1. The molecule has 164 valence electrons. The number of amides is 4. The van der Waals surface area contributed by atoms with E-state index in [2.05, 4.69) is 34.3 Å². The third kappa shape index (κ3) is 5.77. The average molecular weight is 433 g/mol. The summed E-state index contributed by atoms with van der Waals surface area (Å²) in [6.07, 6.45) is 2.38. The average Bonchev–Trinajstić information content (AvgIpc) is 2.77. The first kappa shape index (κ1) is 22.6. The zero-order chi connectivity index (χ0) is 22.9. The molecule has 0 unspecified atom stereocenters. The normalized spacial score (nSPS) is 21.8. The van der Waals surface area contributed by atoms with Crippen molar-refractivity contribution in [2.45, 2.75) is 38.5 Å². The Hall–Kier alpha value is -4.04. The molecule has 3 atom stereocenters. The second-order valence-corrected chi connectivity index (χ2v) is 7.23. The van der Waals surface area contributed by atoms with Crippen LogP contribution in [0.5, 0.6) is 0 Å². The van der Waals surface area contributed by atoms with Gasteiger partial charge in [-0.1, -0.05) is 54.0 Å². The Kier molecular flexibility index (Phi) is 7.66. The molecule has 0 saturated carbocycles. The van der Waals surface area contributed by atoms with Gasteiger partial charge in [-0.05, 0) is 17.7 Å². The molecule has 2 aliphatic rings. The molecule has 1 fully saturated rings. The number of hydrogen-bond acceptors (Lipinski definition) is 5. The van der Waals surface area contributed by atoms with Crippen LogP contribution in [0.4, 0.5) is 4.79 Å². The number of benzene rings is 1. The molecule has 8 nitrogen and oxygen atoms in total. The number of imide groups is 1. The standard InChI is InChI=1S/C24H23N3O5/c1-17(28)32-20-13-9-4-2-3-8-12-19-22(20)27(23(19)30)24(31)25-15-14-21(29)26-16-18-10-6-5-7-11-18/h2,4-7,10-11,19-20,22H,12,14-16H2,1H3,(H,25,31)(H,26,29)/b4-2-/t19-,20-,22+/m1/s1. The van der Waals surface area contributed by atoms with Gasteiger partial charge in [0.1, 0.15) is 6.04 Å². The number of rotatable bonds is 6. The molecule has 0 bridgehead atoms. The highest BCUT2D eigenvalue weighted by Crippen LogP contribution is 2.33. The van der Waals surface area contributed by atoms with Crippen LogP contribution in [0.1, 0.15) is 25.3 Å². The van der Waals surface area contributed by atoms with Gasteiger partial charge < -0.3 is 15.4 Å². The zero-order valence-corrected chi connectivity index (χ0v) is 17.6. The van der Waals surface area contributed by atoms with Gasteiger partial charge in [-0.2, -0.15) is 0 Å². The minimum atomic E-state index is -0.959. The fourth-order valence-electron chi connectivity index (χ4n) is 3.42. The highest BCUT2D eigenvalue weighted by atomic mass is 16.5. The van der Waals surface area contributed by atoms with Gasteiger partial charge in [0.2, 0.25) is 11.8 Å². The molecule has 32 heavy (non-hydrogen) atoms. The maximum atomic E-state index is 12.7. The van der Waals surface area contributed by atoms with E-state index in [1.807, 2.05) is 30.3 Å². The summed E-state index contributed by atoms with van der Waals surface area (Å²) in [5.41, 5.74) is 0.966. The van der Waals surface area contributed by atoms with Crippen molar-refractivity contribution in [3.05, 3.63) is 48.0 Å². The number of hydrogen-bond donors (Lipinski definition) is 2. The monoisotopic (exact) mass is 433 g/mol. The van der Waals surface area contributed by atoms with Crippen molar-refractivity contribution < 1.29 is 23.9 Å². The summed E-state index contributed by atoms with van der Waals surface area (Å²) in [5.74, 6) is 9.32. The van der Waals surface area contributed by atoms with E-state index in [-0.39, 0.29) is 25.3 Å². The van der Waals surface area contributed by atoms with Crippen LogP contribution < -0.4 is 10.6 Å². The van der Waals surface area contributed by atoms with Crippen molar-refractivity contribution in [2.75, 3.05) is 6.54 Å². The first-order valence-corrected chi connectivity index (χ1v) is 10.2. The highest BCUT2D eigenvalue weighted by molar-refractivity contribution is 6.02. The van der Waals surface area contributed by atoms with Gasteiger partial charge in [0.25, 0.3) is 0 Å². The second-order valence-electron chi connectivity index (χ2n) is 7.23. The topological polar surface area (TPSA) is 105 Å². The molecule has 8 heteroatoms. The summed E-state index contributed by atoms with van der Waals surface area (Å²) in [5, 5.41) is 5.35. The van der Waals surface area contributed by atoms with E-state index in [0.717, 1.165) is 10.5 Å². The Labute approximate surface area is 186 Å². The van der Waals surface area contributed by atoms with Gasteiger partial charge in [-0.25, -0.2) is 4.79 Å². The van der Waals surface area contributed by atoms with Crippen LogP contribution in [0.15, 0.2) is 42.5 Å². The fraction of sp³-hybridized carbons (Fsp3) is 0.333. The van der Waals surface area contributed by atoms with Gasteiger partial charge in [0.15, 0.2) is 6.10 Å². The molecule has 1 aromatic carbocycles. The predicted octanol–water partition coefficient (Wildman–Crippen LogP) is 1.13. The van der Waals surface area contributed by atoms with E-state index in [0.29, 0.717) is 6.54 Å². The molecule has 0 aromatic heterocycles. The Bertz CT molecular complexity index is 1040. The Morgan fingerprint density at radius 3 is 2.62 bits per heavy atom. The zero-order valence-electron chi connectivity index (χ0n) is 17.6. The Morgan fingerprint density at radius 1 is 1.12 bits per heavy atom. The van der Waals surface area contributed by atoms with Crippen LogP contribution in [0.3, 0.4) is 0 Å². The maximum Gasteiger partial charge on any atom is 0.324 e. The minimum absolute atomic E-state index is 0.0487. The fourth-order valence-corrected chi connectivity index (χ4v) is 3.42. The van der Waals surface area contributed by atoms with Gasteiger partial charge in [-0.3, -0.25) is 19.3 Å². The van der Waals surface area contributed by atoms with E-state index in [4.69, 9.17) is 4.74 Å². The van der Waals surface area contributed by atoms with Gasteiger partial charge in [-0.15, -0.1) is 0 Å². The van der Waals surface area contributed by atoms with Crippen LogP contribution in [-0.4, -0.2) is 47.4 Å². The first-order valence-electron chi connectivity index (χ1n) is 10.2. The molecule has 0 radical (unpaired) electrons. The molecule has 0 spiro atoms. The summed E-state index contributed by atoms with van der Waals surface area (Å²) in [7, 11) is 0. The number of carbonyl (C=O) groups is 4. The van der Waals surface area contributed by atoms with E-state index in [1.165, 1.54) is 13.0 Å². The van der Waals surface area contributed by atoms with E-state index < -0.39 is 36.0 Å². The van der Waals surface area contributed by atoms with Gasteiger partial charge in [0, 0.05) is 32.9 Å². The molecule has 2 N–H and O–H groups in total. The van der Waals surface area contributed by atoms with Crippen molar-refractivity contribution in [2.24, 2.45) is 5.92 Å². The van der Waals surface area contributed by atoms with Crippen LogP contribution in [-0.2, 0) is 25.7 Å². The van der Waals surface area contributed by atoms with Crippen molar-refractivity contribution in [1.82, 2.24) is 15.5 Å². The van der Waals surface area contributed by atoms with Gasteiger partial charge >= 0.3 is 12.0 Å². The summed E-state index contributed by atoms with van der Waals surface area (Å²) >= 11 is 0. The number of β-lactam (4-membered cyclic amide) rings is 1. The lowest BCUT2D eigenvalue weighted by Gasteiger charge is -2.46. The number of carbonyl (C=O) groups excluding carboxylic acids is 4. The number of allylic oxidation sites excluding steroid dienone is 2. The molecular weight excluding hydrogens is 410 g/mol. The molecule has 4 amide bonds. The van der Waals surface area contributed by atoms with Crippen LogP contribution in [0, 0.1) is 29.6 Å². The van der Waals surface area contributed by atoms with Crippen LogP contribution in [0.25, 0.3) is 0 Å². The lowest BCUT2D eigenvalue weighted by molar-refractivity contribution is -0.164. The van der Waals surface area contributed by atoms with E-state index in [9.17, 15) is 19.2 Å². The number of urea groups is 1. The number of ether oxygens (including phenoxy) is 1. The van der Waals surface area contributed by atoms with Crippen molar-refractivity contribution in [1.29, 1.82) is 0 Å². The molecule has 1 aromatic rings. The molecule has 1 saturated heterocycles. The summed E-state index contributed by atoms with van der Waals surface area (Å²) < 4.78 is 5.27. The van der Waals surface area contributed by atoms with Crippen molar-refractivity contribution in [3.63, 3.8) is 0 Å². The number of nitrogens with one attached hydrogen (secondary N) is 2. The highest BCUT2D eigenvalue weighted by Gasteiger charge is 2.54. The largest absolute Gasteiger partial charge is 0.447 e. The summed E-state index contributed by atoms with van der Waals surface area (Å²) in [6.45, 7) is 1.68. The summed E-state index contributed by atoms with van der Waals surface area (Å²) in [4.78, 5) is 49.8. The molecule has 1 aliphatic carbocycles. The van der Waals surface area contributed by atoms with Crippen molar-refractivity contribution in [3.8, 4) is 23.7 Å². The number of fused-ring (bicyclic) bond motifs is 1. The summed E-state index contributed by atoms with van der Waals surface area (Å²) in [6, 6.07) is 8.05. The molecule has 3 rings (SSSR count). The Morgan fingerprint density at radius 2 is 1.88 bits per heavy atom. The third-order valence-electron chi connectivity index (χ3n) is 4.95. The molecular formula is C24H23N3O5. The lowest BCUT2D eigenvalue weighted by Crippen LogP contribution is -2.69. The lowest BCUT2D eigenvalue weighted by atomic mass is 9.81. The van der Waals surface area contributed by atoms with Gasteiger partial charge in [0.05, 0.1) is 5.92 Å². The quantitative estimate of drug-likeness (QED) is 0.398. The van der Waals surface area contributed by atoms with Crippen molar-refractivity contribution >= 4 is 23.8 Å². The number of esters is 1. The van der Waals surface area contributed by atoms with Crippen LogP contribution in [0.2, 0.25) is 0 Å². The maximum absolute atomic E-state index is 12.7. The number of nitrogens with zero attached hydrogens (tertiary/aromatic N) is 1. The van der Waals surface area contributed by atoms with E-state index >= 15 is 0 Å².